The van der Waals surface area contributed by atoms with Crippen LogP contribution in [-0.4, -0.2) is 31.1 Å². The van der Waals surface area contributed by atoms with Gasteiger partial charge < -0.3 is 10.2 Å². The molecule has 2 fully saturated rings. The molecule has 0 spiro atoms. The van der Waals surface area contributed by atoms with E-state index in [-0.39, 0.29) is 0 Å². The first-order valence-corrected chi connectivity index (χ1v) is 7.94. The van der Waals surface area contributed by atoms with Crippen LogP contribution >= 0.6 is 0 Å². The molecule has 19 heavy (non-hydrogen) atoms. The maximum absolute atomic E-state index is 3.63. The average molecular weight is 258 g/mol. The first-order chi connectivity index (χ1) is 9.43. The first kappa shape index (κ1) is 13.1. The van der Waals surface area contributed by atoms with Crippen LogP contribution in [0.4, 0.5) is 0 Å². The Hall–Kier alpha value is -0.860. The molecule has 0 aromatic heterocycles. The lowest BCUT2D eigenvalue weighted by atomic mass is 10.0. The van der Waals surface area contributed by atoms with E-state index in [2.05, 4.69) is 34.5 Å². The second-order valence-electron chi connectivity index (χ2n) is 6.05. The van der Waals surface area contributed by atoms with Crippen LogP contribution in [0.25, 0.3) is 0 Å². The highest BCUT2D eigenvalue weighted by molar-refractivity contribution is 5.33. The maximum Gasteiger partial charge on any atom is 0.0208 e. The molecule has 1 aromatic rings. The molecule has 2 aliphatic rings. The van der Waals surface area contributed by atoms with Crippen LogP contribution < -0.4 is 5.32 Å². The molecular formula is C17H26N2. The van der Waals surface area contributed by atoms with E-state index in [0.717, 1.165) is 19.0 Å². The van der Waals surface area contributed by atoms with Crippen molar-refractivity contribution in [1.82, 2.24) is 10.2 Å². The standard InChI is InChI=1S/C17H26N2/c1-4-11-19(12-5-1)13-10-18-14-16-6-2-3-7-17(16)15-8-9-15/h2-3,6-7,15,18H,1,4-5,8-14H2. The summed E-state index contributed by atoms with van der Waals surface area (Å²) in [5.41, 5.74) is 3.11. The molecule has 2 nitrogen and oxygen atoms in total. The Morgan fingerprint density at radius 1 is 1.05 bits per heavy atom. The van der Waals surface area contributed by atoms with Gasteiger partial charge in [0.2, 0.25) is 0 Å². The zero-order chi connectivity index (χ0) is 12.9. The average Bonchev–Trinajstić information content (AvgIpc) is 3.30. The minimum atomic E-state index is 0.861. The van der Waals surface area contributed by atoms with Crippen molar-refractivity contribution in [1.29, 1.82) is 0 Å². The van der Waals surface area contributed by atoms with Gasteiger partial charge in [-0.05, 0) is 55.8 Å². The Labute approximate surface area is 117 Å². The maximum atomic E-state index is 3.63. The normalized spacial score (nSPS) is 20.6. The van der Waals surface area contributed by atoms with Crippen LogP contribution in [-0.2, 0) is 6.54 Å². The van der Waals surface area contributed by atoms with Gasteiger partial charge in [0.05, 0.1) is 0 Å². The molecule has 1 aromatic carbocycles. The Balaban J connectivity index is 1.42. The van der Waals surface area contributed by atoms with Gasteiger partial charge in [0.15, 0.2) is 0 Å². The van der Waals surface area contributed by atoms with E-state index < -0.39 is 0 Å². The minimum Gasteiger partial charge on any atom is -0.311 e. The number of nitrogens with zero attached hydrogens (tertiary/aromatic N) is 1. The molecule has 104 valence electrons. The first-order valence-electron chi connectivity index (χ1n) is 7.94. The fourth-order valence-corrected chi connectivity index (χ4v) is 3.13. The number of likely N-dealkylation sites (tertiary alicyclic amines) is 1. The quantitative estimate of drug-likeness (QED) is 0.789. The number of rotatable bonds is 6. The van der Waals surface area contributed by atoms with Gasteiger partial charge in [0.1, 0.15) is 0 Å². The summed E-state index contributed by atoms with van der Waals surface area (Å²) in [6, 6.07) is 8.97. The zero-order valence-corrected chi connectivity index (χ0v) is 11.9. The Morgan fingerprint density at radius 2 is 1.84 bits per heavy atom. The van der Waals surface area contributed by atoms with Crippen molar-refractivity contribution in [3.8, 4) is 0 Å². The van der Waals surface area contributed by atoms with Gasteiger partial charge in [0, 0.05) is 19.6 Å². The molecule has 1 aliphatic carbocycles. The van der Waals surface area contributed by atoms with Gasteiger partial charge >= 0.3 is 0 Å². The third-order valence-electron chi connectivity index (χ3n) is 4.44. The van der Waals surface area contributed by atoms with Crippen LogP contribution in [0, 0.1) is 0 Å². The van der Waals surface area contributed by atoms with Crippen LogP contribution in [0.3, 0.4) is 0 Å². The monoisotopic (exact) mass is 258 g/mol. The van der Waals surface area contributed by atoms with E-state index in [0.29, 0.717) is 0 Å². The molecule has 0 unspecified atom stereocenters. The third kappa shape index (κ3) is 3.80. The predicted octanol–water partition coefficient (Wildman–Crippen LogP) is 3.14. The van der Waals surface area contributed by atoms with Crippen LogP contribution in [0.1, 0.15) is 49.1 Å². The van der Waals surface area contributed by atoms with Crippen molar-refractivity contribution < 1.29 is 0 Å². The summed E-state index contributed by atoms with van der Waals surface area (Å²) in [4.78, 5) is 2.60. The van der Waals surface area contributed by atoms with Crippen LogP contribution in [0.15, 0.2) is 24.3 Å². The SMILES string of the molecule is c1ccc(C2CC2)c(CNCCN2CCCCC2)c1. The summed E-state index contributed by atoms with van der Waals surface area (Å²) in [6.07, 6.45) is 7.00. The highest BCUT2D eigenvalue weighted by atomic mass is 15.1. The van der Waals surface area contributed by atoms with E-state index in [1.165, 1.54) is 57.3 Å². The fourth-order valence-electron chi connectivity index (χ4n) is 3.13. The second-order valence-corrected chi connectivity index (χ2v) is 6.05. The van der Waals surface area contributed by atoms with Gasteiger partial charge in [-0.1, -0.05) is 30.7 Å². The summed E-state index contributed by atoms with van der Waals surface area (Å²) in [5, 5.41) is 3.63. The highest BCUT2D eigenvalue weighted by Crippen LogP contribution is 2.41. The molecule has 1 aliphatic heterocycles. The predicted molar refractivity (Wildman–Crippen MR) is 80.4 cm³/mol. The molecule has 1 N–H and O–H groups in total. The number of hydrogen-bond donors (Lipinski definition) is 1. The lowest BCUT2D eigenvalue weighted by Gasteiger charge is -2.26. The van der Waals surface area contributed by atoms with Crippen LogP contribution in [0.2, 0.25) is 0 Å². The van der Waals surface area contributed by atoms with E-state index in [9.17, 15) is 0 Å². The number of nitrogens with one attached hydrogen (secondary N) is 1. The van der Waals surface area contributed by atoms with Gasteiger partial charge in [-0.3, -0.25) is 0 Å². The Bertz CT molecular complexity index is 392. The minimum absolute atomic E-state index is 0.861. The Kier molecular flexibility index (Phi) is 4.52. The topological polar surface area (TPSA) is 15.3 Å². The van der Waals surface area contributed by atoms with Crippen molar-refractivity contribution in [3.63, 3.8) is 0 Å². The molecule has 1 saturated carbocycles. The van der Waals surface area contributed by atoms with E-state index >= 15 is 0 Å². The highest BCUT2D eigenvalue weighted by Gasteiger charge is 2.25. The van der Waals surface area contributed by atoms with E-state index in [1.54, 1.807) is 5.56 Å². The Morgan fingerprint density at radius 3 is 2.63 bits per heavy atom. The van der Waals surface area contributed by atoms with Crippen molar-refractivity contribution in [3.05, 3.63) is 35.4 Å². The van der Waals surface area contributed by atoms with Crippen molar-refractivity contribution in [2.24, 2.45) is 0 Å². The summed E-state index contributed by atoms with van der Waals surface area (Å²) in [5.74, 6) is 0.861. The molecule has 3 rings (SSSR count). The summed E-state index contributed by atoms with van der Waals surface area (Å²) in [7, 11) is 0. The largest absolute Gasteiger partial charge is 0.311 e. The summed E-state index contributed by atoms with van der Waals surface area (Å²) < 4.78 is 0. The molecule has 1 saturated heterocycles. The third-order valence-corrected chi connectivity index (χ3v) is 4.44. The van der Waals surface area contributed by atoms with Gasteiger partial charge in [-0.15, -0.1) is 0 Å². The lowest BCUT2D eigenvalue weighted by Crippen LogP contribution is -2.35. The number of benzene rings is 1. The summed E-state index contributed by atoms with van der Waals surface area (Å²) >= 11 is 0. The number of piperidine rings is 1. The van der Waals surface area contributed by atoms with Crippen molar-refractivity contribution >= 4 is 0 Å². The lowest BCUT2D eigenvalue weighted by molar-refractivity contribution is 0.229. The molecule has 0 amide bonds. The van der Waals surface area contributed by atoms with Crippen molar-refractivity contribution in [2.75, 3.05) is 26.2 Å². The van der Waals surface area contributed by atoms with Gasteiger partial charge in [-0.25, -0.2) is 0 Å². The van der Waals surface area contributed by atoms with Gasteiger partial charge in [-0.2, -0.15) is 0 Å². The summed E-state index contributed by atoms with van der Waals surface area (Å²) in [6.45, 7) is 5.99. The molecule has 0 bridgehead atoms. The van der Waals surface area contributed by atoms with Crippen LogP contribution in [0.5, 0.6) is 0 Å². The molecule has 2 heteroatoms. The van der Waals surface area contributed by atoms with Crippen molar-refractivity contribution in [2.45, 2.75) is 44.6 Å². The fraction of sp³-hybridized carbons (Fsp3) is 0.647. The molecule has 0 radical (unpaired) electrons. The van der Waals surface area contributed by atoms with Gasteiger partial charge in [0.25, 0.3) is 0 Å². The molecule has 0 atom stereocenters. The van der Waals surface area contributed by atoms with E-state index in [1.807, 2.05) is 0 Å². The molecule has 1 heterocycles. The van der Waals surface area contributed by atoms with E-state index in [4.69, 9.17) is 0 Å². The zero-order valence-electron chi connectivity index (χ0n) is 11.9. The smallest absolute Gasteiger partial charge is 0.0208 e. The number of hydrogen-bond acceptors (Lipinski definition) is 2. The second kappa shape index (κ2) is 6.53. The molecular weight excluding hydrogens is 232 g/mol.